The van der Waals surface area contributed by atoms with Gasteiger partial charge in [-0.1, -0.05) is 82.6 Å². The summed E-state index contributed by atoms with van der Waals surface area (Å²) in [5.41, 5.74) is 2.40. The molecule has 2 saturated carbocycles. The average molecular weight is 443 g/mol. The molecule has 2 aliphatic rings. The number of rotatable bonds is 7. The minimum atomic E-state index is -1.41. The Hall–Kier alpha value is -1.77. The maximum Gasteiger partial charge on any atom is 0.194 e. The van der Waals surface area contributed by atoms with E-state index in [1.807, 2.05) is 12.1 Å². The topological polar surface area (TPSA) is 0 Å². The van der Waals surface area contributed by atoms with Crippen molar-refractivity contribution >= 4 is 0 Å². The predicted molar refractivity (Wildman–Crippen MR) is 126 cm³/mol. The summed E-state index contributed by atoms with van der Waals surface area (Å²) in [7, 11) is 0. The lowest BCUT2D eigenvalue weighted by Crippen LogP contribution is -2.17. The molecule has 0 saturated heterocycles. The third-order valence-corrected chi connectivity index (χ3v) is 8.19. The number of halogens is 3. The van der Waals surface area contributed by atoms with E-state index < -0.39 is 17.5 Å². The summed E-state index contributed by atoms with van der Waals surface area (Å²) in [6, 6.07) is 10.1. The first kappa shape index (κ1) is 23.4. The van der Waals surface area contributed by atoms with Gasteiger partial charge in [-0.05, 0) is 78.2 Å². The van der Waals surface area contributed by atoms with Crippen molar-refractivity contribution in [1.82, 2.24) is 0 Å². The Morgan fingerprint density at radius 3 is 1.59 bits per heavy atom. The van der Waals surface area contributed by atoms with Crippen LogP contribution in [0.4, 0.5) is 13.2 Å². The average Bonchev–Trinajstić information content (AvgIpc) is 2.82. The van der Waals surface area contributed by atoms with E-state index in [9.17, 15) is 13.2 Å². The zero-order valence-electron chi connectivity index (χ0n) is 19.4. The van der Waals surface area contributed by atoms with Gasteiger partial charge in [0, 0.05) is 0 Å². The Balaban J connectivity index is 1.24. The van der Waals surface area contributed by atoms with Gasteiger partial charge in [0.1, 0.15) is 0 Å². The Morgan fingerprint density at radius 1 is 0.625 bits per heavy atom. The molecule has 0 radical (unpaired) electrons. The van der Waals surface area contributed by atoms with E-state index in [1.165, 1.54) is 82.6 Å². The van der Waals surface area contributed by atoms with Crippen LogP contribution in [-0.4, -0.2) is 0 Å². The number of benzene rings is 2. The summed E-state index contributed by atoms with van der Waals surface area (Å²) in [5.74, 6) is -0.275. The van der Waals surface area contributed by atoms with Gasteiger partial charge in [0.2, 0.25) is 0 Å². The molecule has 2 aromatic carbocycles. The van der Waals surface area contributed by atoms with E-state index in [2.05, 4.69) is 19.1 Å². The first-order valence-electron chi connectivity index (χ1n) is 12.8. The molecule has 0 nitrogen and oxygen atoms in total. The van der Waals surface area contributed by atoms with Gasteiger partial charge in [0.25, 0.3) is 0 Å². The van der Waals surface area contributed by atoms with Crippen LogP contribution in [0.1, 0.15) is 95.5 Å². The highest BCUT2D eigenvalue weighted by Crippen LogP contribution is 2.40. The summed E-state index contributed by atoms with van der Waals surface area (Å²) >= 11 is 0. The molecule has 0 N–H and O–H groups in total. The molecular formula is C29H37F3. The smallest absolute Gasteiger partial charge is 0.194 e. The van der Waals surface area contributed by atoms with Crippen LogP contribution in [0.3, 0.4) is 0 Å². The van der Waals surface area contributed by atoms with Gasteiger partial charge in [-0.2, -0.15) is 0 Å². The monoisotopic (exact) mass is 442 g/mol. The van der Waals surface area contributed by atoms with Crippen LogP contribution in [0.15, 0.2) is 36.4 Å². The molecular weight excluding hydrogens is 405 g/mol. The molecule has 32 heavy (non-hydrogen) atoms. The van der Waals surface area contributed by atoms with Gasteiger partial charge in [-0.25, -0.2) is 13.2 Å². The SMILES string of the molecule is CCC[C@H]1CC[C@H](CCC2CCC(c3ccc(-c4cc(F)c(F)c(F)c4)cc3)CC2)CC1. The largest absolute Gasteiger partial charge is 0.204 e. The van der Waals surface area contributed by atoms with Crippen molar-refractivity contribution in [3.63, 3.8) is 0 Å². The molecule has 0 amide bonds. The van der Waals surface area contributed by atoms with E-state index in [1.54, 1.807) is 0 Å². The first-order valence-corrected chi connectivity index (χ1v) is 12.8. The molecule has 3 heteroatoms. The van der Waals surface area contributed by atoms with E-state index in [4.69, 9.17) is 0 Å². The fourth-order valence-electron chi connectivity index (χ4n) is 6.14. The van der Waals surface area contributed by atoms with Gasteiger partial charge in [-0.3, -0.25) is 0 Å². The lowest BCUT2D eigenvalue weighted by atomic mass is 9.74. The summed E-state index contributed by atoms with van der Waals surface area (Å²) in [6.07, 6.45) is 16.5. The van der Waals surface area contributed by atoms with Crippen molar-refractivity contribution in [2.45, 2.75) is 89.9 Å². The second-order valence-corrected chi connectivity index (χ2v) is 10.3. The first-order chi connectivity index (χ1) is 15.5. The van der Waals surface area contributed by atoms with Crippen LogP contribution in [0, 0.1) is 35.2 Å². The van der Waals surface area contributed by atoms with Crippen molar-refractivity contribution < 1.29 is 13.2 Å². The second-order valence-electron chi connectivity index (χ2n) is 10.3. The minimum Gasteiger partial charge on any atom is -0.204 e. The Kier molecular flexibility index (Phi) is 7.97. The lowest BCUT2D eigenvalue weighted by molar-refractivity contribution is 0.224. The minimum absolute atomic E-state index is 0.375. The molecule has 174 valence electrons. The Bertz CT molecular complexity index is 833. The highest BCUT2D eigenvalue weighted by Gasteiger charge is 2.25. The second kappa shape index (κ2) is 10.9. The quantitative estimate of drug-likeness (QED) is 0.375. The Labute approximate surface area is 191 Å². The predicted octanol–water partition coefficient (Wildman–Crippen LogP) is 9.43. The fraction of sp³-hybridized carbons (Fsp3) is 0.586. The highest BCUT2D eigenvalue weighted by molar-refractivity contribution is 5.64. The summed E-state index contributed by atoms with van der Waals surface area (Å²) < 4.78 is 40.3. The van der Waals surface area contributed by atoms with Crippen molar-refractivity contribution in [1.29, 1.82) is 0 Å². The van der Waals surface area contributed by atoms with Gasteiger partial charge >= 0.3 is 0 Å². The zero-order chi connectivity index (χ0) is 22.5. The van der Waals surface area contributed by atoms with E-state index in [-0.39, 0.29) is 0 Å². The molecule has 0 bridgehead atoms. The molecule has 0 aromatic heterocycles. The summed E-state index contributed by atoms with van der Waals surface area (Å²) in [5, 5.41) is 0. The molecule has 0 aliphatic heterocycles. The maximum atomic E-state index is 13.5. The van der Waals surface area contributed by atoms with Crippen LogP contribution in [0.5, 0.6) is 0 Å². The third kappa shape index (κ3) is 5.77. The normalized spacial score (nSPS) is 26.2. The van der Waals surface area contributed by atoms with E-state index in [0.29, 0.717) is 17.0 Å². The van der Waals surface area contributed by atoms with Crippen LogP contribution < -0.4 is 0 Å². The zero-order valence-corrected chi connectivity index (χ0v) is 19.4. The summed E-state index contributed by atoms with van der Waals surface area (Å²) in [4.78, 5) is 0. The Morgan fingerprint density at radius 2 is 1.09 bits per heavy atom. The van der Waals surface area contributed by atoms with Crippen LogP contribution in [-0.2, 0) is 0 Å². The molecule has 0 atom stereocenters. The fourth-order valence-corrected chi connectivity index (χ4v) is 6.14. The molecule has 2 fully saturated rings. The highest BCUT2D eigenvalue weighted by atomic mass is 19.2. The van der Waals surface area contributed by atoms with Crippen LogP contribution in [0.25, 0.3) is 11.1 Å². The van der Waals surface area contributed by atoms with Crippen molar-refractivity contribution in [2.24, 2.45) is 17.8 Å². The van der Waals surface area contributed by atoms with Crippen molar-refractivity contribution in [2.75, 3.05) is 0 Å². The summed E-state index contributed by atoms with van der Waals surface area (Å²) in [6.45, 7) is 2.31. The van der Waals surface area contributed by atoms with Crippen molar-refractivity contribution in [3.8, 4) is 11.1 Å². The van der Waals surface area contributed by atoms with Gasteiger partial charge in [0.05, 0.1) is 0 Å². The molecule has 2 aromatic rings. The molecule has 2 aliphatic carbocycles. The molecule has 0 spiro atoms. The van der Waals surface area contributed by atoms with E-state index >= 15 is 0 Å². The standard InChI is InChI=1S/C29H37F3/c1-2-3-20-4-6-21(7-5-20)8-9-22-10-12-23(13-11-22)24-14-16-25(17-15-24)26-18-27(30)29(32)28(31)19-26/h14-23H,2-13H2,1H3/t20-,21-,22?,23?. The lowest BCUT2D eigenvalue weighted by Gasteiger charge is -2.32. The number of hydrogen-bond acceptors (Lipinski definition) is 0. The third-order valence-electron chi connectivity index (χ3n) is 8.19. The number of hydrogen-bond donors (Lipinski definition) is 0. The van der Waals surface area contributed by atoms with Gasteiger partial charge < -0.3 is 0 Å². The molecule has 0 unspecified atom stereocenters. The van der Waals surface area contributed by atoms with Crippen LogP contribution >= 0.6 is 0 Å². The van der Waals surface area contributed by atoms with Gasteiger partial charge in [0.15, 0.2) is 17.5 Å². The van der Waals surface area contributed by atoms with E-state index in [0.717, 1.165) is 29.9 Å². The van der Waals surface area contributed by atoms with Gasteiger partial charge in [-0.15, -0.1) is 0 Å². The maximum absolute atomic E-state index is 13.5. The molecule has 4 rings (SSSR count). The molecule has 0 heterocycles. The van der Waals surface area contributed by atoms with Crippen molar-refractivity contribution in [3.05, 3.63) is 59.4 Å². The van der Waals surface area contributed by atoms with Crippen LogP contribution in [0.2, 0.25) is 0 Å².